The average molecular weight is 366 g/mol. The molecule has 1 heterocycles. The van der Waals surface area contributed by atoms with Gasteiger partial charge in [0.05, 0.1) is 29.7 Å². The van der Waals surface area contributed by atoms with Crippen molar-refractivity contribution >= 4 is 15.9 Å². The molecule has 1 aromatic carbocycles. The third-order valence-electron chi connectivity index (χ3n) is 5.05. The van der Waals surface area contributed by atoms with Gasteiger partial charge in [0.2, 0.25) is 15.9 Å². The fourth-order valence-electron chi connectivity index (χ4n) is 3.69. The molecule has 7 heteroatoms. The monoisotopic (exact) mass is 366 g/mol. The Kier molecular flexibility index (Phi) is 5.46. The van der Waals surface area contributed by atoms with Crippen LogP contribution >= 0.6 is 0 Å². The average Bonchev–Trinajstić information content (AvgIpc) is 2.60. The quantitative estimate of drug-likeness (QED) is 0.882. The second-order valence-corrected chi connectivity index (χ2v) is 8.66. The summed E-state index contributed by atoms with van der Waals surface area (Å²) in [7, 11) is -3.72. The van der Waals surface area contributed by atoms with E-state index in [1.165, 1.54) is 0 Å². The number of hydrogen-bond acceptors (Lipinski definition) is 4. The van der Waals surface area contributed by atoms with Crippen LogP contribution in [0.4, 0.5) is 0 Å². The highest BCUT2D eigenvalue weighted by molar-refractivity contribution is 7.89. The van der Waals surface area contributed by atoms with E-state index in [0.29, 0.717) is 13.2 Å². The van der Waals surface area contributed by atoms with E-state index in [1.807, 2.05) is 11.8 Å². The van der Waals surface area contributed by atoms with Crippen LogP contribution in [0.5, 0.6) is 0 Å². The number of rotatable bonds is 4. The summed E-state index contributed by atoms with van der Waals surface area (Å²) >= 11 is 0. The first-order chi connectivity index (χ1) is 11.9. The Hall–Kier alpha value is -1.44. The fraction of sp³-hybridized carbons (Fsp3) is 0.611. The molecule has 2 aliphatic rings. The minimum absolute atomic E-state index is 0.0707. The maximum absolute atomic E-state index is 12.9. The minimum Gasteiger partial charge on any atom is -0.374 e. The molecular formula is C18H26N2O4S. The smallest absolute Gasteiger partial charge is 0.241 e. The van der Waals surface area contributed by atoms with Gasteiger partial charge in [-0.05, 0) is 38.8 Å². The maximum atomic E-state index is 12.9. The van der Waals surface area contributed by atoms with Crippen molar-refractivity contribution in [3.8, 4) is 0 Å². The minimum atomic E-state index is -3.72. The Labute approximate surface area is 149 Å². The third kappa shape index (κ3) is 4.04. The third-order valence-corrected chi connectivity index (χ3v) is 6.61. The van der Waals surface area contributed by atoms with Gasteiger partial charge in [-0.3, -0.25) is 4.79 Å². The number of aryl methyl sites for hydroxylation is 1. The van der Waals surface area contributed by atoms with Crippen LogP contribution in [0.1, 0.15) is 38.2 Å². The van der Waals surface area contributed by atoms with Gasteiger partial charge in [-0.15, -0.1) is 0 Å². The van der Waals surface area contributed by atoms with E-state index >= 15 is 0 Å². The highest BCUT2D eigenvalue weighted by Gasteiger charge is 2.38. The van der Waals surface area contributed by atoms with Crippen LogP contribution in [-0.2, 0) is 19.6 Å². The van der Waals surface area contributed by atoms with E-state index in [9.17, 15) is 13.2 Å². The molecule has 1 aromatic rings. The molecule has 2 fully saturated rings. The van der Waals surface area contributed by atoms with E-state index in [0.717, 1.165) is 31.2 Å². The molecule has 3 rings (SSSR count). The molecule has 1 aliphatic carbocycles. The van der Waals surface area contributed by atoms with E-state index in [-0.39, 0.29) is 22.9 Å². The molecule has 2 unspecified atom stereocenters. The molecule has 6 nitrogen and oxygen atoms in total. The van der Waals surface area contributed by atoms with Crippen molar-refractivity contribution in [2.75, 3.05) is 13.2 Å². The van der Waals surface area contributed by atoms with Crippen LogP contribution in [0.25, 0.3) is 0 Å². The van der Waals surface area contributed by atoms with Crippen molar-refractivity contribution in [3.05, 3.63) is 29.8 Å². The molecule has 1 saturated heterocycles. The number of carbonyl (C=O) groups is 1. The van der Waals surface area contributed by atoms with Crippen LogP contribution in [0.15, 0.2) is 29.2 Å². The van der Waals surface area contributed by atoms with Gasteiger partial charge >= 0.3 is 0 Å². The number of fused-ring (bicyclic) bond motifs is 1. The lowest BCUT2D eigenvalue weighted by atomic mass is 9.90. The second kappa shape index (κ2) is 7.43. The summed E-state index contributed by atoms with van der Waals surface area (Å²) in [6.07, 6.45) is 4.19. The van der Waals surface area contributed by atoms with Gasteiger partial charge in [-0.1, -0.05) is 30.5 Å². The van der Waals surface area contributed by atoms with Crippen LogP contribution in [0, 0.1) is 6.92 Å². The summed E-state index contributed by atoms with van der Waals surface area (Å²) < 4.78 is 33.4. The van der Waals surface area contributed by atoms with Crippen molar-refractivity contribution in [1.82, 2.24) is 9.62 Å². The number of hydrogen-bond donors (Lipinski definition) is 1. The first-order valence-electron chi connectivity index (χ1n) is 8.89. The standard InChI is InChI=1S/C18H26N2O4S/c1-13-7-9-15(10-8-13)25(22,23)19-14(2)18(21)20-11-12-24-17-6-4-3-5-16(17)20/h7-10,14,16-17,19H,3-6,11-12H2,1-2H3/t14-,16?,17?/m0/s1. The van der Waals surface area contributed by atoms with Gasteiger partial charge in [-0.2, -0.15) is 4.72 Å². The Morgan fingerprint density at radius 1 is 1.24 bits per heavy atom. The first kappa shape index (κ1) is 18.4. The van der Waals surface area contributed by atoms with Crippen LogP contribution < -0.4 is 4.72 Å². The topological polar surface area (TPSA) is 75.7 Å². The normalized spacial score (nSPS) is 25.3. The van der Waals surface area contributed by atoms with Crippen molar-refractivity contribution in [2.24, 2.45) is 0 Å². The lowest BCUT2D eigenvalue weighted by Crippen LogP contribution is -2.58. The van der Waals surface area contributed by atoms with Gasteiger partial charge in [0, 0.05) is 6.54 Å². The van der Waals surface area contributed by atoms with Gasteiger partial charge in [0.1, 0.15) is 0 Å². The Morgan fingerprint density at radius 2 is 1.92 bits per heavy atom. The van der Waals surface area contributed by atoms with Gasteiger partial charge in [-0.25, -0.2) is 8.42 Å². The number of sulfonamides is 1. The summed E-state index contributed by atoms with van der Waals surface area (Å²) in [6, 6.07) is 5.88. The van der Waals surface area contributed by atoms with Gasteiger partial charge in [0.25, 0.3) is 0 Å². The predicted octanol–water partition coefficient (Wildman–Crippen LogP) is 1.83. The first-order valence-corrected chi connectivity index (χ1v) is 10.4. The largest absolute Gasteiger partial charge is 0.374 e. The van der Waals surface area contributed by atoms with Crippen molar-refractivity contribution in [1.29, 1.82) is 0 Å². The summed E-state index contributed by atoms with van der Waals surface area (Å²) in [5.41, 5.74) is 0.986. The van der Waals surface area contributed by atoms with Gasteiger partial charge in [0.15, 0.2) is 0 Å². The molecule has 1 saturated carbocycles. The van der Waals surface area contributed by atoms with E-state index in [4.69, 9.17) is 4.74 Å². The number of carbonyl (C=O) groups excluding carboxylic acids is 1. The number of nitrogens with zero attached hydrogens (tertiary/aromatic N) is 1. The number of morpholine rings is 1. The zero-order valence-corrected chi connectivity index (χ0v) is 15.6. The fourth-order valence-corrected chi connectivity index (χ4v) is 4.88. The second-order valence-electron chi connectivity index (χ2n) is 6.95. The van der Waals surface area contributed by atoms with E-state index in [2.05, 4.69) is 4.72 Å². The molecule has 3 atom stereocenters. The van der Waals surface area contributed by atoms with Crippen LogP contribution in [0.2, 0.25) is 0 Å². The zero-order valence-electron chi connectivity index (χ0n) is 14.8. The lowest BCUT2D eigenvalue weighted by molar-refractivity contribution is -0.150. The molecule has 25 heavy (non-hydrogen) atoms. The highest BCUT2D eigenvalue weighted by Crippen LogP contribution is 2.29. The van der Waals surface area contributed by atoms with Crippen molar-refractivity contribution in [2.45, 2.75) is 62.6 Å². The number of benzene rings is 1. The molecule has 1 aliphatic heterocycles. The summed E-state index contributed by atoms with van der Waals surface area (Å²) in [5.74, 6) is -0.170. The number of amides is 1. The van der Waals surface area contributed by atoms with Crippen LogP contribution in [-0.4, -0.2) is 50.6 Å². The molecule has 1 amide bonds. The van der Waals surface area contributed by atoms with E-state index < -0.39 is 16.1 Å². The Bertz CT molecular complexity index is 715. The Balaban J connectivity index is 1.70. The molecule has 0 radical (unpaired) electrons. The maximum Gasteiger partial charge on any atom is 0.241 e. The van der Waals surface area contributed by atoms with Crippen molar-refractivity contribution in [3.63, 3.8) is 0 Å². The van der Waals surface area contributed by atoms with E-state index in [1.54, 1.807) is 31.2 Å². The van der Waals surface area contributed by atoms with Gasteiger partial charge < -0.3 is 9.64 Å². The molecule has 1 N–H and O–H groups in total. The predicted molar refractivity (Wildman–Crippen MR) is 94.7 cm³/mol. The number of ether oxygens (including phenoxy) is 1. The lowest BCUT2D eigenvalue weighted by Gasteiger charge is -2.44. The van der Waals surface area contributed by atoms with Crippen molar-refractivity contribution < 1.29 is 17.9 Å². The summed E-state index contributed by atoms with van der Waals surface area (Å²) in [4.78, 5) is 14.9. The summed E-state index contributed by atoms with van der Waals surface area (Å²) in [6.45, 7) is 4.55. The highest BCUT2D eigenvalue weighted by atomic mass is 32.2. The van der Waals surface area contributed by atoms with Crippen LogP contribution in [0.3, 0.4) is 0 Å². The molecule has 0 bridgehead atoms. The molecular weight excluding hydrogens is 340 g/mol. The summed E-state index contributed by atoms with van der Waals surface area (Å²) in [5, 5.41) is 0. The Morgan fingerprint density at radius 3 is 2.64 bits per heavy atom. The molecule has 138 valence electrons. The zero-order chi connectivity index (χ0) is 18.0. The molecule has 0 aromatic heterocycles. The molecule has 0 spiro atoms. The number of nitrogens with one attached hydrogen (secondary N) is 1. The SMILES string of the molecule is Cc1ccc(S(=O)(=O)N[C@@H](C)C(=O)N2CCOC3CCCCC32)cc1.